The van der Waals surface area contributed by atoms with Crippen LogP contribution in [0.1, 0.15) is 83.2 Å². The number of benzene rings is 5. The Kier molecular flexibility index (Phi) is 10.4. The number of aromatic amines is 2. The van der Waals surface area contributed by atoms with Gasteiger partial charge in [-0.15, -0.1) is 0 Å². The molecule has 0 fully saturated rings. The molecule has 0 saturated heterocycles. The number of aromatic carboxylic acids is 1. The maximum Gasteiger partial charge on any atom is 0.335 e. The van der Waals surface area contributed by atoms with Gasteiger partial charge in [-0.3, -0.25) is 0 Å². The number of carbonyl (C=O) groups is 1. The van der Waals surface area contributed by atoms with Gasteiger partial charge in [0, 0.05) is 44.3 Å². The fraction of sp³-hybridized carbons (Fsp3) is 0.150. The molecule has 0 aliphatic carbocycles. The zero-order valence-electron chi connectivity index (χ0n) is 39.0. The molecule has 0 saturated carbocycles. The van der Waals surface area contributed by atoms with Gasteiger partial charge in [0.25, 0.3) is 0 Å². The van der Waals surface area contributed by atoms with Crippen LogP contribution in [0.25, 0.3) is 102 Å². The van der Waals surface area contributed by atoms with E-state index >= 15 is 0 Å². The first kappa shape index (κ1) is 42.1. The monoisotopic (exact) mass is 860 g/mol. The van der Waals surface area contributed by atoms with Crippen molar-refractivity contribution in [1.29, 1.82) is 0 Å². The molecular formula is C60H52N4O2. The van der Waals surface area contributed by atoms with Crippen LogP contribution in [-0.4, -0.2) is 31.0 Å². The molecule has 2 aliphatic heterocycles. The standard InChI is InChI=1S/C60H52N4O2/c1-32-26-35(4)53(36(5)27-32)57-47-20-18-45(61-47)56(43-14-10-41(11-15-43)42-12-16-44(17-13-42)60(65)66)46-19-21-48(62-46)58(54-37(6)28-33(2)29-38(54)7)50-23-25-52(64-50)59(51-24-22-49(57)63-51)55-39(8)30-34(3)31-40(55)9/h10-31,61,64H,1-9H3,(H,65,66). The molecule has 6 nitrogen and oxygen atoms in total. The average Bonchev–Trinajstić information content (AvgIpc) is 4.11. The van der Waals surface area contributed by atoms with Gasteiger partial charge in [0.05, 0.1) is 28.3 Å². The van der Waals surface area contributed by atoms with E-state index in [0.29, 0.717) is 0 Å². The lowest BCUT2D eigenvalue weighted by atomic mass is 9.92. The van der Waals surface area contributed by atoms with Crippen LogP contribution < -0.4 is 0 Å². The van der Waals surface area contributed by atoms with Gasteiger partial charge in [-0.1, -0.05) is 89.5 Å². The molecule has 0 spiro atoms. The Balaban J connectivity index is 1.36. The quantitative estimate of drug-likeness (QED) is 0.155. The van der Waals surface area contributed by atoms with E-state index in [1.54, 1.807) is 12.1 Å². The molecule has 8 aromatic rings. The van der Waals surface area contributed by atoms with Crippen LogP contribution in [-0.2, 0) is 0 Å². The van der Waals surface area contributed by atoms with Crippen LogP contribution in [0, 0.1) is 62.3 Å². The predicted octanol–water partition coefficient (Wildman–Crippen LogP) is 15.5. The number of aryl methyl sites for hydroxylation is 9. The van der Waals surface area contributed by atoms with Crippen LogP contribution in [0.15, 0.2) is 109 Å². The number of carboxylic acid groups (broad SMARTS) is 1. The van der Waals surface area contributed by atoms with Crippen molar-refractivity contribution in [3.63, 3.8) is 0 Å². The van der Waals surface area contributed by atoms with Gasteiger partial charge >= 0.3 is 5.97 Å². The second kappa shape index (κ2) is 16.3. The van der Waals surface area contributed by atoms with Gasteiger partial charge < -0.3 is 15.1 Å². The second-order valence-corrected chi connectivity index (χ2v) is 18.3. The van der Waals surface area contributed by atoms with Crippen LogP contribution in [0.2, 0.25) is 0 Å². The largest absolute Gasteiger partial charge is 0.478 e. The third-order valence-corrected chi connectivity index (χ3v) is 13.2. The summed E-state index contributed by atoms with van der Waals surface area (Å²) >= 11 is 0. The molecule has 5 aromatic carbocycles. The molecule has 3 aromatic heterocycles. The number of nitrogens with zero attached hydrogens (tertiary/aromatic N) is 2. The lowest BCUT2D eigenvalue weighted by Crippen LogP contribution is -1.96. The molecule has 5 heterocycles. The minimum atomic E-state index is -0.941. The van der Waals surface area contributed by atoms with Crippen LogP contribution in [0.4, 0.5) is 0 Å². The van der Waals surface area contributed by atoms with Crippen LogP contribution >= 0.6 is 0 Å². The first-order chi connectivity index (χ1) is 31.7. The maximum atomic E-state index is 11.6. The zero-order valence-corrected chi connectivity index (χ0v) is 39.0. The van der Waals surface area contributed by atoms with Gasteiger partial charge in [0.15, 0.2) is 0 Å². The highest BCUT2D eigenvalue weighted by atomic mass is 16.4. The highest BCUT2D eigenvalue weighted by molar-refractivity contribution is 6.01. The SMILES string of the molecule is Cc1cc(C)c(-c2c3nc(c(-c4c(C)cc(C)cc4C)c4ccc([nH]4)c(-c4c(C)cc(C)cc4C)c4nc(c(-c5ccc(-c6ccc(C(=O)O)cc6)cc5)c5ccc2[nH]5)C=C4)C=C3)c(C)c1. The van der Waals surface area contributed by atoms with Crippen LogP contribution in [0.5, 0.6) is 0 Å². The zero-order chi connectivity index (χ0) is 46.1. The fourth-order valence-corrected chi connectivity index (χ4v) is 10.7. The number of hydrogen-bond donors (Lipinski definition) is 3. The minimum Gasteiger partial charge on any atom is -0.478 e. The summed E-state index contributed by atoms with van der Waals surface area (Å²) in [5.74, 6) is -0.941. The number of nitrogens with one attached hydrogen (secondary N) is 2. The summed E-state index contributed by atoms with van der Waals surface area (Å²) in [6.45, 7) is 19.7. The summed E-state index contributed by atoms with van der Waals surface area (Å²) in [7, 11) is 0. The predicted molar refractivity (Wildman–Crippen MR) is 276 cm³/mol. The minimum absolute atomic E-state index is 0.260. The van der Waals surface area contributed by atoms with Crippen molar-refractivity contribution in [2.24, 2.45) is 0 Å². The molecule has 0 atom stereocenters. The van der Waals surface area contributed by atoms with Gasteiger partial charge in [0.2, 0.25) is 0 Å². The van der Waals surface area contributed by atoms with Crippen LogP contribution in [0.3, 0.4) is 0 Å². The lowest BCUT2D eigenvalue weighted by molar-refractivity contribution is 0.0697. The highest BCUT2D eigenvalue weighted by Gasteiger charge is 2.23. The van der Waals surface area contributed by atoms with Crippen molar-refractivity contribution in [2.75, 3.05) is 0 Å². The molecular weight excluding hydrogens is 809 g/mol. The normalized spacial score (nSPS) is 12.0. The molecule has 66 heavy (non-hydrogen) atoms. The van der Waals surface area contributed by atoms with E-state index in [9.17, 15) is 9.90 Å². The number of rotatable bonds is 6. The Labute approximate surface area is 386 Å². The molecule has 0 amide bonds. The summed E-state index contributed by atoms with van der Waals surface area (Å²) in [5, 5.41) is 9.52. The van der Waals surface area contributed by atoms with Gasteiger partial charge in [-0.2, -0.15) is 0 Å². The Morgan fingerprint density at radius 2 is 0.636 bits per heavy atom. The number of hydrogen-bond acceptors (Lipinski definition) is 3. The maximum absolute atomic E-state index is 11.6. The number of aromatic nitrogens is 4. The molecule has 3 N–H and O–H groups in total. The number of H-pyrrole nitrogens is 2. The second-order valence-electron chi connectivity index (χ2n) is 18.3. The summed E-state index contributed by atoms with van der Waals surface area (Å²) in [4.78, 5) is 30.7. The van der Waals surface area contributed by atoms with E-state index in [0.717, 1.165) is 94.9 Å². The molecule has 324 valence electrons. The third kappa shape index (κ3) is 7.38. The van der Waals surface area contributed by atoms with Gasteiger partial charge in [-0.05, 0) is 190 Å². The Morgan fingerprint density at radius 1 is 0.364 bits per heavy atom. The van der Waals surface area contributed by atoms with Crippen molar-refractivity contribution in [3.8, 4) is 55.6 Å². The summed E-state index contributed by atoms with van der Waals surface area (Å²) in [5.41, 5.74) is 28.9. The smallest absolute Gasteiger partial charge is 0.335 e. The van der Waals surface area contributed by atoms with Gasteiger partial charge in [-0.25, -0.2) is 14.8 Å². The third-order valence-electron chi connectivity index (χ3n) is 13.2. The molecule has 2 aliphatic rings. The highest BCUT2D eigenvalue weighted by Crippen LogP contribution is 2.42. The molecule has 0 radical (unpaired) electrons. The van der Waals surface area contributed by atoms with Crippen molar-refractivity contribution in [3.05, 3.63) is 188 Å². The Bertz CT molecular complexity index is 3450. The Hall–Kier alpha value is -7.83. The van der Waals surface area contributed by atoms with Crippen molar-refractivity contribution < 1.29 is 9.90 Å². The Morgan fingerprint density at radius 3 is 0.955 bits per heavy atom. The summed E-state index contributed by atoms with van der Waals surface area (Å²) < 4.78 is 0. The number of carboxylic acids is 1. The first-order valence-electron chi connectivity index (χ1n) is 22.6. The number of fused-ring (bicyclic) bond motifs is 8. The van der Waals surface area contributed by atoms with Crippen molar-refractivity contribution >= 4 is 52.3 Å². The van der Waals surface area contributed by atoms with Crippen molar-refractivity contribution in [2.45, 2.75) is 62.3 Å². The van der Waals surface area contributed by atoms with Gasteiger partial charge in [0.1, 0.15) is 0 Å². The molecule has 6 heteroatoms. The molecule has 0 unspecified atom stereocenters. The lowest BCUT2D eigenvalue weighted by Gasteiger charge is -2.14. The van der Waals surface area contributed by atoms with E-state index in [1.807, 2.05) is 12.1 Å². The van der Waals surface area contributed by atoms with Crippen molar-refractivity contribution in [1.82, 2.24) is 19.9 Å². The van der Waals surface area contributed by atoms with E-state index in [1.165, 1.54) is 55.6 Å². The van der Waals surface area contributed by atoms with E-state index in [2.05, 4.69) is 182 Å². The van der Waals surface area contributed by atoms with E-state index in [-0.39, 0.29) is 5.56 Å². The summed E-state index contributed by atoms with van der Waals surface area (Å²) in [6, 6.07) is 37.8. The molecule has 10 rings (SSSR count). The van der Waals surface area contributed by atoms with E-state index < -0.39 is 5.97 Å². The molecule has 8 bridgehead atoms. The first-order valence-corrected chi connectivity index (χ1v) is 22.6. The average molecular weight is 861 g/mol. The fourth-order valence-electron chi connectivity index (χ4n) is 10.7. The van der Waals surface area contributed by atoms with E-state index in [4.69, 9.17) is 9.97 Å². The summed E-state index contributed by atoms with van der Waals surface area (Å²) in [6.07, 6.45) is 8.66. The topological polar surface area (TPSA) is 94.7 Å².